The smallest absolute Gasteiger partial charge is 0.306 e. The van der Waals surface area contributed by atoms with Crippen molar-refractivity contribution in [2.45, 2.75) is 130 Å². The number of aryl methyl sites for hydroxylation is 1. The van der Waals surface area contributed by atoms with Gasteiger partial charge in [-0.15, -0.1) is 0 Å². The van der Waals surface area contributed by atoms with Gasteiger partial charge >= 0.3 is 5.97 Å². The molecule has 2 heterocycles. The van der Waals surface area contributed by atoms with Crippen LogP contribution in [0.15, 0.2) is 75.4 Å². The van der Waals surface area contributed by atoms with E-state index in [9.17, 15) is 4.79 Å². The molecule has 2 rings (SSSR count). The number of carbonyl (C=O) groups excluding carboxylic acids is 1. The first-order valence-electron chi connectivity index (χ1n) is 15.3. The predicted octanol–water partition coefficient (Wildman–Crippen LogP) is 10.8. The second kappa shape index (κ2) is 21.1. The molecule has 0 saturated heterocycles. The molecule has 1 atom stereocenters. The van der Waals surface area contributed by atoms with Crippen LogP contribution in [0.5, 0.6) is 0 Å². The van der Waals surface area contributed by atoms with Crippen LogP contribution in [0.1, 0.15) is 128 Å². The molecule has 0 saturated carbocycles. The van der Waals surface area contributed by atoms with Gasteiger partial charge in [0, 0.05) is 18.4 Å². The van der Waals surface area contributed by atoms with Gasteiger partial charge in [0.2, 0.25) is 0 Å². The Bertz CT molecular complexity index is 947. The van der Waals surface area contributed by atoms with E-state index in [4.69, 9.17) is 13.6 Å². The predicted molar refractivity (Wildman–Crippen MR) is 162 cm³/mol. The van der Waals surface area contributed by atoms with Crippen LogP contribution >= 0.6 is 0 Å². The number of esters is 1. The van der Waals surface area contributed by atoms with Gasteiger partial charge in [-0.25, -0.2) is 0 Å². The maximum atomic E-state index is 12.7. The summed E-state index contributed by atoms with van der Waals surface area (Å²) in [5.74, 6) is -0.0832. The van der Waals surface area contributed by atoms with Gasteiger partial charge in [-0.05, 0) is 63.3 Å². The molecule has 0 N–H and O–H groups in total. The fourth-order valence-electron chi connectivity index (χ4n) is 4.75. The number of furan rings is 2. The first-order valence-corrected chi connectivity index (χ1v) is 15.3. The highest BCUT2D eigenvalue weighted by atomic mass is 16.5. The Labute approximate surface area is 237 Å². The van der Waals surface area contributed by atoms with Crippen molar-refractivity contribution in [3.8, 4) is 0 Å². The molecule has 0 amide bonds. The number of hydrogen-bond acceptors (Lipinski definition) is 4. The molecule has 0 aromatic carbocycles. The zero-order valence-electron chi connectivity index (χ0n) is 24.8. The third kappa shape index (κ3) is 16.7. The average molecular weight is 537 g/mol. The summed E-state index contributed by atoms with van der Waals surface area (Å²) in [5, 5.41) is 0. The summed E-state index contributed by atoms with van der Waals surface area (Å²) < 4.78 is 16.3. The highest BCUT2D eigenvalue weighted by Crippen LogP contribution is 2.18. The number of allylic oxidation sites excluding steroid dienone is 3. The Balaban J connectivity index is 1.76. The van der Waals surface area contributed by atoms with E-state index in [1.54, 1.807) is 25.1 Å². The summed E-state index contributed by atoms with van der Waals surface area (Å²) in [6.45, 7) is 6.49. The zero-order chi connectivity index (χ0) is 28.0. The number of rotatable bonds is 22. The third-order valence-corrected chi connectivity index (χ3v) is 7.06. The molecule has 0 aliphatic carbocycles. The normalized spacial score (nSPS) is 13.3. The lowest BCUT2D eigenvalue weighted by Gasteiger charge is -2.16. The maximum Gasteiger partial charge on any atom is 0.306 e. The minimum atomic E-state index is -0.238. The van der Waals surface area contributed by atoms with Crippen molar-refractivity contribution >= 4 is 12.0 Å². The van der Waals surface area contributed by atoms with E-state index in [0.717, 1.165) is 44.1 Å². The molecule has 0 aliphatic rings. The van der Waals surface area contributed by atoms with Crippen molar-refractivity contribution in [1.82, 2.24) is 0 Å². The van der Waals surface area contributed by atoms with Crippen LogP contribution in [-0.2, 0) is 16.0 Å². The van der Waals surface area contributed by atoms with Crippen molar-refractivity contribution in [3.05, 3.63) is 77.7 Å². The number of hydrogen-bond donors (Lipinski definition) is 0. The lowest BCUT2D eigenvalue weighted by atomic mass is 10.0. The first-order chi connectivity index (χ1) is 19.1. The van der Waals surface area contributed by atoms with Gasteiger partial charge < -0.3 is 13.6 Å². The minimum Gasteiger partial charge on any atom is -0.472 e. The molecule has 4 heteroatoms. The van der Waals surface area contributed by atoms with E-state index < -0.39 is 0 Å². The van der Waals surface area contributed by atoms with E-state index in [0.29, 0.717) is 6.42 Å². The van der Waals surface area contributed by atoms with E-state index in [2.05, 4.69) is 45.1 Å². The molecular formula is C35H52O4. The highest BCUT2D eigenvalue weighted by molar-refractivity contribution is 5.69. The van der Waals surface area contributed by atoms with Crippen molar-refractivity contribution in [2.24, 2.45) is 0 Å². The monoisotopic (exact) mass is 536 g/mol. The lowest BCUT2D eigenvalue weighted by Crippen LogP contribution is -2.17. The SMILES string of the molecule is CCCCCCCCCCCCCC(=O)OC(/C=C(\C)C/C=C/c1ccoc1)C/C(C)=C/CCc1ccoc1. The molecule has 0 radical (unpaired) electrons. The summed E-state index contributed by atoms with van der Waals surface area (Å²) in [4.78, 5) is 12.7. The largest absolute Gasteiger partial charge is 0.472 e. The summed E-state index contributed by atoms with van der Waals surface area (Å²) in [6.07, 6.45) is 33.2. The van der Waals surface area contributed by atoms with Crippen molar-refractivity contribution in [1.29, 1.82) is 0 Å². The minimum absolute atomic E-state index is 0.0832. The van der Waals surface area contributed by atoms with Crippen molar-refractivity contribution < 1.29 is 18.4 Å². The van der Waals surface area contributed by atoms with E-state index in [1.165, 1.54) is 74.5 Å². The summed E-state index contributed by atoms with van der Waals surface area (Å²) in [6, 6.07) is 3.94. The van der Waals surface area contributed by atoms with Gasteiger partial charge in [0.05, 0.1) is 25.1 Å². The number of ether oxygens (including phenoxy) is 1. The zero-order valence-corrected chi connectivity index (χ0v) is 24.8. The molecule has 0 spiro atoms. The van der Waals surface area contributed by atoms with Crippen molar-refractivity contribution in [2.75, 3.05) is 0 Å². The quantitative estimate of drug-likeness (QED) is 0.0853. The molecule has 0 bridgehead atoms. The van der Waals surface area contributed by atoms with Crippen LogP contribution in [0, 0.1) is 0 Å². The lowest BCUT2D eigenvalue weighted by molar-refractivity contribution is -0.147. The van der Waals surface area contributed by atoms with Crippen LogP contribution in [0.3, 0.4) is 0 Å². The van der Waals surface area contributed by atoms with E-state index in [1.807, 2.05) is 12.1 Å². The topological polar surface area (TPSA) is 52.6 Å². The molecular weight excluding hydrogens is 484 g/mol. The number of unbranched alkanes of at least 4 members (excludes halogenated alkanes) is 10. The average Bonchev–Trinajstić information content (AvgIpc) is 3.62. The molecule has 0 aliphatic heterocycles. The Kier molecular flexibility index (Phi) is 17.6. The van der Waals surface area contributed by atoms with E-state index >= 15 is 0 Å². The Morgan fingerprint density at radius 2 is 1.54 bits per heavy atom. The standard InChI is InChI=1S/C35H52O4/c1-4-5-6-7-8-9-10-11-12-13-14-21-35(36)39-34(26-30(2)17-15-19-32-22-24-37-28-32)27-31(3)18-16-20-33-23-25-38-29-33/h15,18-19,22-26,28-29,34H,4-14,16-17,20-21,27H2,1-3H3/b19-15+,30-26+,31-18+. The van der Waals surface area contributed by atoms with Gasteiger partial charge in [-0.1, -0.05) is 101 Å². The van der Waals surface area contributed by atoms with Crippen LogP contribution in [0.2, 0.25) is 0 Å². The molecule has 39 heavy (non-hydrogen) atoms. The van der Waals surface area contributed by atoms with Gasteiger partial charge in [-0.3, -0.25) is 4.79 Å². The van der Waals surface area contributed by atoms with Crippen LogP contribution < -0.4 is 0 Å². The van der Waals surface area contributed by atoms with Crippen LogP contribution in [0.4, 0.5) is 0 Å². The van der Waals surface area contributed by atoms with Crippen molar-refractivity contribution in [3.63, 3.8) is 0 Å². The summed E-state index contributed by atoms with van der Waals surface area (Å²) >= 11 is 0. The van der Waals surface area contributed by atoms with Crippen LogP contribution in [-0.4, -0.2) is 12.1 Å². The summed E-state index contributed by atoms with van der Waals surface area (Å²) in [5.41, 5.74) is 4.68. The van der Waals surface area contributed by atoms with Gasteiger partial charge in [0.1, 0.15) is 6.10 Å². The second-order valence-corrected chi connectivity index (χ2v) is 10.9. The molecule has 216 valence electrons. The van der Waals surface area contributed by atoms with Gasteiger partial charge in [0.25, 0.3) is 0 Å². The molecule has 1 unspecified atom stereocenters. The highest BCUT2D eigenvalue weighted by Gasteiger charge is 2.13. The fraction of sp³-hybridized carbons (Fsp3) is 0.571. The van der Waals surface area contributed by atoms with Gasteiger partial charge in [0.15, 0.2) is 0 Å². The maximum absolute atomic E-state index is 12.7. The Morgan fingerprint density at radius 1 is 0.872 bits per heavy atom. The number of carbonyl (C=O) groups is 1. The van der Waals surface area contributed by atoms with Gasteiger partial charge in [-0.2, -0.15) is 0 Å². The third-order valence-electron chi connectivity index (χ3n) is 7.06. The Hall–Kier alpha value is -2.75. The molecule has 4 nitrogen and oxygen atoms in total. The summed E-state index contributed by atoms with van der Waals surface area (Å²) in [7, 11) is 0. The second-order valence-electron chi connectivity index (χ2n) is 10.9. The molecule has 2 aromatic rings. The molecule has 2 aromatic heterocycles. The van der Waals surface area contributed by atoms with E-state index in [-0.39, 0.29) is 12.1 Å². The van der Waals surface area contributed by atoms with Crippen LogP contribution in [0.25, 0.3) is 6.08 Å². The molecule has 0 fully saturated rings. The first kappa shape index (κ1) is 32.5. The fourth-order valence-corrected chi connectivity index (χ4v) is 4.75. The Morgan fingerprint density at radius 3 is 2.18 bits per heavy atom.